The first-order valence-corrected chi connectivity index (χ1v) is 13.9. The average molecular weight is 552 g/mol. The number of amides is 3. The van der Waals surface area contributed by atoms with Crippen LogP contribution in [-0.2, 0) is 33.6 Å². The van der Waals surface area contributed by atoms with Crippen molar-refractivity contribution in [2.24, 2.45) is 17.8 Å². The molecule has 5 atom stereocenters. The third-order valence-electron chi connectivity index (χ3n) is 7.27. The maximum atomic E-state index is 13.1. The molecule has 11 nitrogen and oxygen atoms in total. The van der Waals surface area contributed by atoms with E-state index in [-0.39, 0.29) is 73.1 Å². The molecule has 0 spiro atoms. The zero-order valence-corrected chi connectivity index (χ0v) is 24.1. The first-order valence-electron chi connectivity index (χ1n) is 13.9. The number of nitrogens with zero attached hydrogens (tertiary/aromatic N) is 1. The lowest BCUT2D eigenvalue weighted by atomic mass is 9.91. The van der Waals surface area contributed by atoms with Gasteiger partial charge in [0.05, 0.1) is 24.5 Å². The molecular formula is C28H45N3O8. The third kappa shape index (κ3) is 10.9. The van der Waals surface area contributed by atoms with E-state index in [2.05, 4.69) is 10.6 Å². The Bertz CT molecular complexity index is 932. The fourth-order valence-electron chi connectivity index (χ4n) is 4.81. The number of carboxylic acids is 1. The number of hydrogen-bond donors (Lipinski definition) is 3. The van der Waals surface area contributed by atoms with Gasteiger partial charge in [0.15, 0.2) is 17.3 Å². The molecule has 0 radical (unpaired) electrons. The Morgan fingerprint density at radius 3 is 2.05 bits per heavy atom. The SMILES string of the molecule is CC[C@H](C)[C@H](NC(C)=O)C(=O)CCC(=O)N[C@H](C(=O)C[C@@H](C)C(=O)N1CCC[C@H]1C(=O)CCC(=O)O)C(C)C. The number of carbonyl (C=O) groups is 7. The van der Waals surface area contributed by atoms with Crippen LogP contribution in [0.15, 0.2) is 0 Å². The summed E-state index contributed by atoms with van der Waals surface area (Å²) in [4.78, 5) is 87.7. The van der Waals surface area contributed by atoms with E-state index < -0.39 is 35.9 Å². The lowest BCUT2D eigenvalue weighted by molar-refractivity contribution is -0.143. The van der Waals surface area contributed by atoms with Crippen LogP contribution in [-0.4, -0.2) is 75.7 Å². The summed E-state index contributed by atoms with van der Waals surface area (Å²) in [6.07, 6.45) is 0.978. The van der Waals surface area contributed by atoms with Crippen molar-refractivity contribution in [3.05, 3.63) is 0 Å². The fraction of sp³-hybridized carbons (Fsp3) is 0.750. The molecule has 0 aliphatic carbocycles. The van der Waals surface area contributed by atoms with Crippen molar-refractivity contribution in [1.82, 2.24) is 15.5 Å². The highest BCUT2D eigenvalue weighted by molar-refractivity contribution is 5.96. The average Bonchev–Trinajstić information content (AvgIpc) is 3.36. The highest BCUT2D eigenvalue weighted by Crippen LogP contribution is 2.24. The van der Waals surface area contributed by atoms with Gasteiger partial charge < -0.3 is 20.6 Å². The number of carboxylic acid groups (broad SMARTS) is 1. The van der Waals surface area contributed by atoms with E-state index in [0.29, 0.717) is 25.8 Å². The van der Waals surface area contributed by atoms with Gasteiger partial charge in [-0.15, -0.1) is 0 Å². The molecule has 1 aliphatic heterocycles. The first-order chi connectivity index (χ1) is 18.2. The Morgan fingerprint density at radius 1 is 0.872 bits per heavy atom. The number of likely N-dealkylation sites (tertiary alicyclic amines) is 1. The molecule has 11 heteroatoms. The van der Waals surface area contributed by atoms with Crippen LogP contribution >= 0.6 is 0 Å². The van der Waals surface area contributed by atoms with E-state index in [1.54, 1.807) is 20.8 Å². The number of ketones is 3. The summed E-state index contributed by atoms with van der Waals surface area (Å²) in [5.41, 5.74) is 0. The van der Waals surface area contributed by atoms with E-state index in [1.807, 2.05) is 13.8 Å². The maximum absolute atomic E-state index is 13.1. The zero-order chi connectivity index (χ0) is 29.9. The van der Waals surface area contributed by atoms with Crippen LogP contribution in [0.1, 0.15) is 92.9 Å². The first kappa shape index (κ1) is 33.9. The molecule has 3 N–H and O–H groups in total. The summed E-state index contributed by atoms with van der Waals surface area (Å²) < 4.78 is 0. The molecule has 0 aromatic heterocycles. The van der Waals surface area contributed by atoms with Crippen molar-refractivity contribution in [2.75, 3.05) is 6.54 Å². The predicted octanol–water partition coefficient (Wildman–Crippen LogP) is 2.05. The number of carbonyl (C=O) groups excluding carboxylic acids is 6. The van der Waals surface area contributed by atoms with Crippen molar-refractivity contribution in [2.45, 2.75) is 111 Å². The molecule has 0 aromatic carbocycles. The van der Waals surface area contributed by atoms with Crippen LogP contribution in [0.5, 0.6) is 0 Å². The van der Waals surface area contributed by atoms with E-state index in [1.165, 1.54) is 11.8 Å². The second-order valence-electron chi connectivity index (χ2n) is 10.9. The minimum Gasteiger partial charge on any atom is -0.481 e. The summed E-state index contributed by atoms with van der Waals surface area (Å²) in [5.74, 6) is -4.15. The van der Waals surface area contributed by atoms with Gasteiger partial charge in [0.2, 0.25) is 17.7 Å². The molecule has 1 heterocycles. The van der Waals surface area contributed by atoms with E-state index in [9.17, 15) is 33.6 Å². The maximum Gasteiger partial charge on any atom is 0.303 e. The number of nitrogens with one attached hydrogen (secondary N) is 2. The minimum atomic E-state index is -1.08. The summed E-state index contributed by atoms with van der Waals surface area (Å²) >= 11 is 0. The lowest BCUT2D eigenvalue weighted by Crippen LogP contribution is -2.47. The summed E-state index contributed by atoms with van der Waals surface area (Å²) in [6, 6.07) is -2.21. The summed E-state index contributed by atoms with van der Waals surface area (Å²) in [7, 11) is 0. The lowest BCUT2D eigenvalue weighted by Gasteiger charge is -2.28. The van der Waals surface area contributed by atoms with Crippen molar-refractivity contribution < 1.29 is 38.7 Å². The molecule has 0 saturated carbocycles. The largest absolute Gasteiger partial charge is 0.481 e. The monoisotopic (exact) mass is 551 g/mol. The van der Waals surface area contributed by atoms with Gasteiger partial charge in [0, 0.05) is 45.1 Å². The van der Waals surface area contributed by atoms with Crippen LogP contribution in [0.2, 0.25) is 0 Å². The Hall–Kier alpha value is -3.11. The number of rotatable bonds is 17. The fourth-order valence-corrected chi connectivity index (χ4v) is 4.81. The second-order valence-corrected chi connectivity index (χ2v) is 10.9. The highest BCUT2D eigenvalue weighted by Gasteiger charge is 2.37. The smallest absolute Gasteiger partial charge is 0.303 e. The molecule has 39 heavy (non-hydrogen) atoms. The molecule has 0 unspecified atom stereocenters. The van der Waals surface area contributed by atoms with Gasteiger partial charge in [-0.3, -0.25) is 33.6 Å². The quantitative estimate of drug-likeness (QED) is 0.247. The van der Waals surface area contributed by atoms with E-state index in [0.717, 1.165) is 0 Å². The predicted molar refractivity (Wildman–Crippen MR) is 143 cm³/mol. The molecule has 1 rings (SSSR count). The topological polar surface area (TPSA) is 167 Å². The van der Waals surface area contributed by atoms with E-state index in [4.69, 9.17) is 5.11 Å². The van der Waals surface area contributed by atoms with Crippen LogP contribution in [0.25, 0.3) is 0 Å². The van der Waals surface area contributed by atoms with Gasteiger partial charge in [-0.1, -0.05) is 41.0 Å². The molecule has 1 aliphatic rings. The van der Waals surface area contributed by atoms with Gasteiger partial charge in [0.25, 0.3) is 0 Å². The van der Waals surface area contributed by atoms with Gasteiger partial charge in [-0.2, -0.15) is 0 Å². The summed E-state index contributed by atoms with van der Waals surface area (Å²) in [6.45, 7) is 10.6. The Labute approximate surface area is 230 Å². The molecular weight excluding hydrogens is 506 g/mol. The zero-order valence-electron chi connectivity index (χ0n) is 24.1. The third-order valence-corrected chi connectivity index (χ3v) is 7.27. The van der Waals surface area contributed by atoms with Gasteiger partial charge >= 0.3 is 5.97 Å². The van der Waals surface area contributed by atoms with Gasteiger partial charge in [0.1, 0.15) is 0 Å². The van der Waals surface area contributed by atoms with Crippen molar-refractivity contribution in [3.63, 3.8) is 0 Å². The van der Waals surface area contributed by atoms with Crippen molar-refractivity contribution >= 4 is 41.0 Å². The van der Waals surface area contributed by atoms with Crippen LogP contribution in [0.3, 0.4) is 0 Å². The minimum absolute atomic E-state index is 0.0821. The van der Waals surface area contributed by atoms with Crippen molar-refractivity contribution in [3.8, 4) is 0 Å². The molecule has 1 fully saturated rings. The second kappa shape index (κ2) is 16.1. The normalized spacial score (nSPS) is 18.1. The van der Waals surface area contributed by atoms with E-state index >= 15 is 0 Å². The van der Waals surface area contributed by atoms with Crippen LogP contribution in [0.4, 0.5) is 0 Å². The Kier molecular flexibility index (Phi) is 14.0. The number of aliphatic carboxylic acids is 1. The van der Waals surface area contributed by atoms with Gasteiger partial charge in [-0.25, -0.2) is 0 Å². The molecule has 0 aromatic rings. The van der Waals surface area contributed by atoms with Crippen LogP contribution < -0.4 is 10.6 Å². The summed E-state index contributed by atoms with van der Waals surface area (Å²) in [5, 5.41) is 14.2. The number of Topliss-reactive ketones (excluding diaryl/α,β-unsaturated/α-hetero) is 3. The van der Waals surface area contributed by atoms with Crippen molar-refractivity contribution in [1.29, 1.82) is 0 Å². The molecule has 0 bridgehead atoms. The van der Waals surface area contributed by atoms with Gasteiger partial charge in [-0.05, 0) is 24.7 Å². The van der Waals surface area contributed by atoms with Crippen LogP contribution in [0, 0.1) is 17.8 Å². The molecule has 3 amide bonds. The number of hydrogen-bond acceptors (Lipinski definition) is 7. The molecule has 1 saturated heterocycles. The standard InChI is InChI=1S/C28H45N3O8/c1-7-17(4)27(29-19(6)32)22(34)10-12-24(36)30-26(16(2)3)23(35)15-18(5)28(39)31-14-8-9-20(31)21(33)11-13-25(37)38/h16-18,20,26-27H,7-15H2,1-6H3,(H,29,32)(H,30,36)(H,37,38)/t17-,18+,20-,26-,27-/m0/s1. The Morgan fingerprint density at radius 2 is 1.51 bits per heavy atom. The Balaban J connectivity index is 2.75. The highest BCUT2D eigenvalue weighted by atomic mass is 16.4. The molecule has 220 valence electrons.